The number of furan rings is 1. The second-order valence-electron chi connectivity index (χ2n) is 5.38. The maximum Gasteiger partial charge on any atom is 0.340 e. The summed E-state index contributed by atoms with van der Waals surface area (Å²) in [6.07, 6.45) is 5.71. The normalized spacial score (nSPS) is 15.8. The van der Waals surface area contributed by atoms with Gasteiger partial charge in [-0.1, -0.05) is 6.08 Å². The minimum Gasteiger partial charge on any atom is -0.465 e. The van der Waals surface area contributed by atoms with E-state index in [2.05, 4.69) is 0 Å². The fourth-order valence-corrected chi connectivity index (χ4v) is 2.53. The number of rotatable bonds is 4. The molecular formula is C18H21NO5. The number of hydrogen-bond donors (Lipinski definition) is 0. The van der Waals surface area contributed by atoms with Crippen molar-refractivity contribution in [1.29, 1.82) is 0 Å². The first-order valence-electron chi connectivity index (χ1n) is 7.54. The number of nitrogens with zero attached hydrogens (tertiary/aromatic N) is 1. The molecule has 2 heterocycles. The quantitative estimate of drug-likeness (QED) is 0.790. The third-order valence-corrected chi connectivity index (χ3v) is 3.81. The lowest BCUT2D eigenvalue weighted by molar-refractivity contribution is -0.139. The molecule has 6 heteroatoms. The van der Waals surface area contributed by atoms with Crippen molar-refractivity contribution in [1.82, 2.24) is 4.90 Å². The summed E-state index contributed by atoms with van der Waals surface area (Å²) in [5, 5.41) is 0. The zero-order valence-corrected chi connectivity index (χ0v) is 14.3. The van der Waals surface area contributed by atoms with Gasteiger partial charge in [0.1, 0.15) is 5.76 Å². The highest BCUT2D eigenvalue weighted by Crippen LogP contribution is 2.27. The van der Waals surface area contributed by atoms with Crippen molar-refractivity contribution in [2.24, 2.45) is 0 Å². The van der Waals surface area contributed by atoms with Crippen LogP contribution in [0.3, 0.4) is 0 Å². The van der Waals surface area contributed by atoms with Crippen LogP contribution in [-0.4, -0.2) is 44.7 Å². The fourth-order valence-electron chi connectivity index (χ4n) is 2.53. The molecule has 0 atom stereocenters. The minimum absolute atomic E-state index is 0.190. The molecule has 0 aliphatic carbocycles. The van der Waals surface area contributed by atoms with Crippen LogP contribution in [0.25, 0.3) is 5.57 Å². The van der Waals surface area contributed by atoms with Crippen LogP contribution in [0.5, 0.6) is 0 Å². The van der Waals surface area contributed by atoms with E-state index in [1.165, 1.54) is 14.2 Å². The number of carbonyl (C=O) groups excluding carboxylic acids is 2. The van der Waals surface area contributed by atoms with Gasteiger partial charge in [0.15, 0.2) is 0 Å². The largest absolute Gasteiger partial charge is 0.465 e. The van der Waals surface area contributed by atoms with Gasteiger partial charge in [-0.25, -0.2) is 9.59 Å². The van der Waals surface area contributed by atoms with Crippen molar-refractivity contribution >= 4 is 17.5 Å². The Hall–Kier alpha value is -2.76. The fraction of sp³-hybridized carbons (Fsp3) is 0.333. The van der Waals surface area contributed by atoms with E-state index >= 15 is 0 Å². The van der Waals surface area contributed by atoms with Crippen LogP contribution in [0.2, 0.25) is 0 Å². The van der Waals surface area contributed by atoms with E-state index in [9.17, 15) is 9.59 Å². The Morgan fingerprint density at radius 2 is 1.96 bits per heavy atom. The van der Waals surface area contributed by atoms with Crippen molar-refractivity contribution in [3.63, 3.8) is 0 Å². The van der Waals surface area contributed by atoms with E-state index in [4.69, 9.17) is 13.9 Å². The molecular weight excluding hydrogens is 310 g/mol. The third-order valence-electron chi connectivity index (χ3n) is 3.81. The number of esters is 2. The van der Waals surface area contributed by atoms with Gasteiger partial charge in [0.25, 0.3) is 0 Å². The number of likely N-dealkylation sites (N-methyl/N-ethyl adjacent to an activating group) is 1. The highest BCUT2D eigenvalue weighted by atomic mass is 16.5. The first-order valence-corrected chi connectivity index (χ1v) is 7.54. The maximum atomic E-state index is 12.4. The maximum absolute atomic E-state index is 12.4. The second kappa shape index (κ2) is 7.68. The van der Waals surface area contributed by atoms with E-state index in [1.54, 1.807) is 18.4 Å². The van der Waals surface area contributed by atoms with Crippen molar-refractivity contribution in [2.75, 3.05) is 27.8 Å². The minimum atomic E-state index is -0.584. The Morgan fingerprint density at radius 3 is 2.54 bits per heavy atom. The van der Waals surface area contributed by atoms with Gasteiger partial charge in [-0.2, -0.15) is 0 Å². The van der Waals surface area contributed by atoms with Crippen LogP contribution in [0.1, 0.15) is 19.1 Å². The average Bonchev–Trinajstić information content (AvgIpc) is 3.07. The zero-order valence-electron chi connectivity index (χ0n) is 14.3. The summed E-state index contributed by atoms with van der Waals surface area (Å²) in [6, 6.07) is 3.62. The van der Waals surface area contributed by atoms with E-state index in [0.29, 0.717) is 24.4 Å². The summed E-state index contributed by atoms with van der Waals surface area (Å²) < 4.78 is 15.1. The van der Waals surface area contributed by atoms with Gasteiger partial charge in [0.05, 0.1) is 37.3 Å². The molecule has 24 heavy (non-hydrogen) atoms. The van der Waals surface area contributed by atoms with E-state index in [0.717, 1.165) is 5.57 Å². The van der Waals surface area contributed by atoms with Crippen LogP contribution < -0.4 is 0 Å². The molecule has 1 aromatic rings. The summed E-state index contributed by atoms with van der Waals surface area (Å²) in [6.45, 7) is 2.53. The predicted octanol–water partition coefficient (Wildman–Crippen LogP) is 2.54. The molecule has 0 amide bonds. The molecule has 128 valence electrons. The molecule has 0 saturated carbocycles. The highest BCUT2D eigenvalue weighted by molar-refractivity contribution is 6.08. The molecule has 1 aliphatic rings. The lowest BCUT2D eigenvalue weighted by atomic mass is 10.0. The van der Waals surface area contributed by atoms with Gasteiger partial charge in [0, 0.05) is 13.6 Å². The molecule has 0 bridgehead atoms. The molecule has 0 spiro atoms. The molecule has 0 unspecified atom stereocenters. The van der Waals surface area contributed by atoms with Gasteiger partial charge >= 0.3 is 11.9 Å². The number of methoxy groups -OCH3 is 2. The number of hydrogen-bond acceptors (Lipinski definition) is 6. The van der Waals surface area contributed by atoms with Crippen LogP contribution in [0.15, 0.2) is 51.8 Å². The average molecular weight is 331 g/mol. The molecule has 6 nitrogen and oxygen atoms in total. The number of ether oxygens (including phenoxy) is 2. The topological polar surface area (TPSA) is 69.0 Å². The Kier molecular flexibility index (Phi) is 5.63. The van der Waals surface area contributed by atoms with Crippen molar-refractivity contribution in [2.45, 2.75) is 13.3 Å². The molecule has 2 rings (SSSR count). The lowest BCUT2D eigenvalue weighted by Gasteiger charge is -2.21. The molecule has 1 aliphatic heterocycles. The van der Waals surface area contributed by atoms with Gasteiger partial charge in [-0.05, 0) is 37.1 Å². The molecule has 0 N–H and O–H groups in total. The summed E-state index contributed by atoms with van der Waals surface area (Å²) >= 11 is 0. The van der Waals surface area contributed by atoms with Crippen LogP contribution in [0, 0.1) is 0 Å². The summed E-state index contributed by atoms with van der Waals surface area (Å²) in [4.78, 5) is 26.4. The van der Waals surface area contributed by atoms with Crippen molar-refractivity contribution in [3.8, 4) is 0 Å². The monoisotopic (exact) mass is 331 g/mol. The SMILES string of the molecule is COC(=O)C1=CCCN(C)C(/C=C(\C)c2ccco2)=C1C(=O)OC. The lowest BCUT2D eigenvalue weighted by Crippen LogP contribution is -2.23. The van der Waals surface area contributed by atoms with Gasteiger partial charge in [0.2, 0.25) is 0 Å². The summed E-state index contributed by atoms with van der Waals surface area (Å²) in [5.74, 6) is -0.459. The van der Waals surface area contributed by atoms with E-state index < -0.39 is 11.9 Å². The first kappa shape index (κ1) is 17.6. The Morgan fingerprint density at radius 1 is 1.25 bits per heavy atom. The number of carbonyl (C=O) groups is 2. The Bertz CT molecular complexity index is 710. The van der Waals surface area contributed by atoms with Gasteiger partial charge < -0.3 is 18.8 Å². The van der Waals surface area contributed by atoms with E-state index in [-0.39, 0.29) is 11.1 Å². The van der Waals surface area contributed by atoms with Gasteiger partial charge in [-0.3, -0.25) is 0 Å². The number of allylic oxidation sites excluding steroid dienone is 2. The standard InChI is InChI=1S/C18H21NO5/c1-12(15-8-6-10-24-15)11-14-16(18(21)23-4)13(17(20)22-3)7-5-9-19(14)2/h6-8,10-11H,5,9H2,1-4H3/b12-11+. The summed E-state index contributed by atoms with van der Waals surface area (Å²) in [7, 11) is 4.43. The zero-order chi connectivity index (χ0) is 17.7. The molecule has 0 saturated heterocycles. The molecule has 0 aromatic carbocycles. The van der Waals surface area contributed by atoms with Gasteiger partial charge in [-0.15, -0.1) is 0 Å². The van der Waals surface area contributed by atoms with Crippen LogP contribution in [-0.2, 0) is 19.1 Å². The van der Waals surface area contributed by atoms with Crippen LogP contribution >= 0.6 is 0 Å². The second-order valence-corrected chi connectivity index (χ2v) is 5.38. The predicted molar refractivity (Wildman–Crippen MR) is 88.7 cm³/mol. The Labute approximate surface area is 141 Å². The molecule has 0 fully saturated rings. The van der Waals surface area contributed by atoms with Crippen molar-refractivity contribution < 1.29 is 23.5 Å². The molecule has 0 radical (unpaired) electrons. The third kappa shape index (κ3) is 3.59. The first-order chi connectivity index (χ1) is 11.5. The highest BCUT2D eigenvalue weighted by Gasteiger charge is 2.29. The van der Waals surface area contributed by atoms with Crippen LogP contribution in [0.4, 0.5) is 0 Å². The van der Waals surface area contributed by atoms with E-state index in [1.807, 2.05) is 31.0 Å². The smallest absolute Gasteiger partial charge is 0.340 e. The molecule has 1 aromatic heterocycles. The van der Waals surface area contributed by atoms with Crippen molar-refractivity contribution in [3.05, 3.63) is 53.2 Å². The Balaban J connectivity index is 2.63. The summed E-state index contributed by atoms with van der Waals surface area (Å²) in [5.41, 5.74) is 1.82.